The van der Waals surface area contributed by atoms with Gasteiger partial charge >= 0.3 is 0 Å². The molecule has 0 spiro atoms. The molecule has 0 N–H and O–H groups in total. The van der Waals surface area contributed by atoms with Crippen LogP contribution in [-0.4, -0.2) is 40.8 Å². The van der Waals surface area contributed by atoms with Crippen LogP contribution in [0.2, 0.25) is 0 Å². The molecule has 2 atom stereocenters. The molecule has 1 aliphatic heterocycles. The van der Waals surface area contributed by atoms with Gasteiger partial charge in [-0.2, -0.15) is 0 Å². The van der Waals surface area contributed by atoms with Crippen molar-refractivity contribution in [2.45, 2.75) is 38.3 Å². The highest BCUT2D eigenvalue weighted by atomic mass is 32.1. The Morgan fingerprint density at radius 1 is 1.32 bits per heavy atom. The smallest absolute Gasteiger partial charge is 0.237 e. The van der Waals surface area contributed by atoms with Crippen LogP contribution in [0, 0.1) is 5.92 Å². The van der Waals surface area contributed by atoms with Gasteiger partial charge < -0.3 is 4.90 Å². The molecular weight excluding hydrogens is 386 g/mol. The molecule has 28 heavy (non-hydrogen) atoms. The largest absolute Gasteiger partial charge is 0.335 e. The van der Waals surface area contributed by atoms with Gasteiger partial charge in [-0.1, -0.05) is 12.1 Å². The fraction of sp³-hybridized carbons (Fsp3) is 0.455. The fourth-order valence-corrected chi connectivity index (χ4v) is 6.25. The van der Waals surface area contributed by atoms with Crippen molar-refractivity contribution < 1.29 is 4.79 Å². The molecule has 4 nitrogen and oxygen atoms in total. The molecule has 5 rings (SSSR count). The number of nitrogens with zero attached hydrogens (tertiary/aromatic N) is 3. The summed E-state index contributed by atoms with van der Waals surface area (Å²) in [6.45, 7) is 3.58. The zero-order chi connectivity index (χ0) is 19.3. The van der Waals surface area contributed by atoms with Crippen molar-refractivity contribution in [2.75, 3.05) is 20.1 Å². The first kappa shape index (κ1) is 18.3. The van der Waals surface area contributed by atoms with E-state index in [9.17, 15) is 4.79 Å². The van der Waals surface area contributed by atoms with E-state index in [2.05, 4.69) is 29.3 Å². The van der Waals surface area contributed by atoms with Crippen LogP contribution in [0.4, 0.5) is 0 Å². The average molecular weight is 412 g/mol. The molecule has 2 aliphatic rings. The van der Waals surface area contributed by atoms with E-state index in [1.807, 2.05) is 41.5 Å². The molecule has 1 amide bonds. The number of carbonyl (C=O) groups is 1. The molecule has 2 aromatic heterocycles. The van der Waals surface area contributed by atoms with Gasteiger partial charge in [-0.05, 0) is 61.2 Å². The summed E-state index contributed by atoms with van der Waals surface area (Å²) >= 11 is 3.56. The zero-order valence-electron chi connectivity index (χ0n) is 16.3. The Hall–Kier alpha value is -1.76. The van der Waals surface area contributed by atoms with Crippen LogP contribution in [0.1, 0.15) is 47.3 Å². The van der Waals surface area contributed by atoms with Crippen LogP contribution < -0.4 is 0 Å². The lowest BCUT2D eigenvalue weighted by Crippen LogP contribution is -2.44. The fourth-order valence-electron chi connectivity index (χ4n) is 4.28. The molecule has 3 aromatic rings. The van der Waals surface area contributed by atoms with E-state index in [0.717, 1.165) is 29.4 Å². The van der Waals surface area contributed by atoms with Crippen LogP contribution in [0.5, 0.6) is 0 Å². The number of thiazole rings is 1. The Kier molecular flexibility index (Phi) is 4.73. The summed E-state index contributed by atoms with van der Waals surface area (Å²) in [7, 11) is 1.92. The number of rotatable bonds is 5. The van der Waals surface area contributed by atoms with Gasteiger partial charge in [0.15, 0.2) is 0 Å². The van der Waals surface area contributed by atoms with E-state index in [4.69, 9.17) is 4.98 Å². The highest BCUT2D eigenvalue weighted by Gasteiger charge is 2.40. The van der Waals surface area contributed by atoms with Crippen molar-refractivity contribution in [2.24, 2.45) is 5.92 Å². The van der Waals surface area contributed by atoms with Gasteiger partial charge in [0.2, 0.25) is 5.91 Å². The SMILES string of the molecule is C[C@H](c1nc2ccccc2s1)N(C)C(=O)CN1CCc2sccc2[C@H]1C1CC1. The summed E-state index contributed by atoms with van der Waals surface area (Å²) in [6, 6.07) is 10.9. The highest BCUT2D eigenvalue weighted by Crippen LogP contribution is 2.48. The molecule has 1 aliphatic carbocycles. The third-order valence-electron chi connectivity index (χ3n) is 6.17. The van der Waals surface area contributed by atoms with Crippen molar-refractivity contribution in [3.8, 4) is 0 Å². The third kappa shape index (κ3) is 3.27. The molecule has 1 aromatic carbocycles. The maximum absolute atomic E-state index is 13.1. The second-order valence-corrected chi connectivity index (χ2v) is 10.1. The minimum absolute atomic E-state index is 0.00854. The van der Waals surface area contributed by atoms with Crippen molar-refractivity contribution in [3.63, 3.8) is 0 Å². The number of hydrogen-bond acceptors (Lipinski definition) is 5. The minimum Gasteiger partial charge on any atom is -0.335 e. The first-order chi connectivity index (χ1) is 13.6. The Morgan fingerprint density at radius 2 is 2.14 bits per heavy atom. The number of hydrogen-bond donors (Lipinski definition) is 0. The average Bonchev–Trinajstić information content (AvgIpc) is 3.26. The minimum atomic E-state index is -0.00854. The maximum Gasteiger partial charge on any atom is 0.237 e. The number of benzene rings is 1. The Labute approximate surface area is 173 Å². The van der Waals surface area contributed by atoms with Gasteiger partial charge in [-0.25, -0.2) is 4.98 Å². The molecule has 1 saturated carbocycles. The van der Waals surface area contributed by atoms with Gasteiger partial charge in [-0.3, -0.25) is 9.69 Å². The maximum atomic E-state index is 13.1. The number of para-hydroxylation sites is 1. The molecule has 6 heteroatoms. The molecular formula is C22H25N3OS2. The van der Waals surface area contributed by atoms with Gasteiger partial charge in [0, 0.05) is 24.5 Å². The van der Waals surface area contributed by atoms with Crippen molar-refractivity contribution in [1.29, 1.82) is 0 Å². The first-order valence-corrected chi connectivity index (χ1v) is 11.7. The predicted octanol–water partition coefficient (Wildman–Crippen LogP) is 4.89. The van der Waals surface area contributed by atoms with Crippen molar-refractivity contribution in [3.05, 3.63) is 51.2 Å². The summed E-state index contributed by atoms with van der Waals surface area (Å²) in [5, 5.41) is 3.22. The molecule has 1 fully saturated rings. The molecule has 0 unspecified atom stereocenters. The Morgan fingerprint density at radius 3 is 2.93 bits per heavy atom. The molecule has 0 radical (unpaired) electrons. The molecule has 0 bridgehead atoms. The second kappa shape index (κ2) is 7.25. The molecule has 146 valence electrons. The number of fused-ring (bicyclic) bond motifs is 2. The number of amides is 1. The van der Waals surface area contributed by atoms with Gasteiger partial charge in [-0.15, -0.1) is 22.7 Å². The van der Waals surface area contributed by atoms with Crippen LogP contribution in [-0.2, 0) is 11.2 Å². The highest BCUT2D eigenvalue weighted by molar-refractivity contribution is 7.18. The third-order valence-corrected chi connectivity index (χ3v) is 8.37. The number of thiophene rings is 1. The standard InChI is InChI=1S/C22H25N3OS2/c1-14(22-23-17-5-3-4-6-19(17)28-22)24(2)20(26)13-25-11-9-18-16(10-12-27-18)21(25)15-7-8-15/h3-6,10,12,14-15,21H,7-9,11,13H2,1-2H3/t14-,21-/m1/s1. The van der Waals surface area contributed by atoms with Crippen molar-refractivity contribution >= 4 is 38.8 Å². The quantitative estimate of drug-likeness (QED) is 0.600. The van der Waals surface area contributed by atoms with E-state index in [1.54, 1.807) is 11.3 Å². The van der Waals surface area contributed by atoms with Crippen LogP contribution >= 0.6 is 22.7 Å². The number of likely N-dealkylation sites (N-methyl/N-ethyl adjacent to an activating group) is 1. The van der Waals surface area contributed by atoms with Crippen LogP contribution in [0.25, 0.3) is 10.2 Å². The van der Waals surface area contributed by atoms with Crippen molar-refractivity contribution in [1.82, 2.24) is 14.8 Å². The summed E-state index contributed by atoms with van der Waals surface area (Å²) in [4.78, 5) is 23.7. The second-order valence-electron chi connectivity index (χ2n) is 8.00. The van der Waals surface area contributed by atoms with Gasteiger partial charge in [0.05, 0.1) is 22.8 Å². The number of carbonyl (C=O) groups excluding carboxylic acids is 1. The monoisotopic (exact) mass is 411 g/mol. The lowest BCUT2D eigenvalue weighted by Gasteiger charge is -2.37. The predicted molar refractivity (Wildman–Crippen MR) is 116 cm³/mol. The van der Waals surface area contributed by atoms with E-state index in [1.165, 1.54) is 28.0 Å². The zero-order valence-corrected chi connectivity index (χ0v) is 17.9. The molecule has 0 saturated heterocycles. The molecule has 3 heterocycles. The van der Waals surface area contributed by atoms with E-state index >= 15 is 0 Å². The normalized spacial score (nSPS) is 20.9. The summed E-state index contributed by atoms with van der Waals surface area (Å²) in [6.07, 6.45) is 3.66. The van der Waals surface area contributed by atoms with E-state index in [0.29, 0.717) is 12.6 Å². The lowest BCUT2D eigenvalue weighted by molar-refractivity contribution is -0.133. The summed E-state index contributed by atoms with van der Waals surface area (Å²) in [5.41, 5.74) is 2.50. The van der Waals surface area contributed by atoms with Crippen LogP contribution in [0.15, 0.2) is 35.7 Å². The first-order valence-electron chi connectivity index (χ1n) is 10.0. The summed E-state index contributed by atoms with van der Waals surface area (Å²) in [5.74, 6) is 0.921. The van der Waals surface area contributed by atoms with E-state index in [-0.39, 0.29) is 11.9 Å². The van der Waals surface area contributed by atoms with Crippen LogP contribution in [0.3, 0.4) is 0 Å². The Balaban J connectivity index is 1.32. The topological polar surface area (TPSA) is 36.4 Å². The lowest BCUT2D eigenvalue weighted by atomic mass is 9.96. The Bertz CT molecular complexity index is 973. The summed E-state index contributed by atoms with van der Waals surface area (Å²) < 4.78 is 1.18. The van der Waals surface area contributed by atoms with E-state index < -0.39 is 0 Å². The van der Waals surface area contributed by atoms with Gasteiger partial charge in [0.1, 0.15) is 5.01 Å². The number of aromatic nitrogens is 1. The van der Waals surface area contributed by atoms with Gasteiger partial charge in [0.25, 0.3) is 0 Å².